The molecule has 1 aromatic rings. The standard InChI is InChI=1S/C14H23NO3/c1-10-6-7-13(18-10)14(11(2)15)17-9-12-5-3-4-8-16-12/h6-7,11-12,14H,3-5,8-9,15H2,1-2H3. The summed E-state index contributed by atoms with van der Waals surface area (Å²) < 4.78 is 17.2. The van der Waals surface area contributed by atoms with Crippen LogP contribution in [0.4, 0.5) is 0 Å². The van der Waals surface area contributed by atoms with Crippen molar-refractivity contribution in [3.63, 3.8) is 0 Å². The Morgan fingerprint density at radius 3 is 2.83 bits per heavy atom. The fourth-order valence-corrected chi connectivity index (χ4v) is 2.25. The predicted octanol–water partition coefficient (Wildman–Crippen LogP) is 2.56. The van der Waals surface area contributed by atoms with Gasteiger partial charge in [-0.25, -0.2) is 0 Å². The maximum absolute atomic E-state index is 5.97. The van der Waals surface area contributed by atoms with E-state index in [0.717, 1.165) is 31.0 Å². The van der Waals surface area contributed by atoms with Crippen molar-refractivity contribution in [1.29, 1.82) is 0 Å². The van der Waals surface area contributed by atoms with Gasteiger partial charge in [-0.3, -0.25) is 0 Å². The molecule has 1 aliphatic heterocycles. The molecule has 0 bridgehead atoms. The molecule has 3 unspecified atom stereocenters. The van der Waals surface area contributed by atoms with E-state index in [4.69, 9.17) is 19.6 Å². The van der Waals surface area contributed by atoms with Gasteiger partial charge in [0.15, 0.2) is 0 Å². The smallest absolute Gasteiger partial charge is 0.134 e. The summed E-state index contributed by atoms with van der Waals surface area (Å²) in [6, 6.07) is 3.77. The van der Waals surface area contributed by atoms with Gasteiger partial charge in [-0.05, 0) is 45.2 Å². The second-order valence-corrected chi connectivity index (χ2v) is 5.05. The summed E-state index contributed by atoms with van der Waals surface area (Å²) in [4.78, 5) is 0. The van der Waals surface area contributed by atoms with Crippen LogP contribution >= 0.6 is 0 Å². The van der Waals surface area contributed by atoms with E-state index in [-0.39, 0.29) is 18.2 Å². The lowest BCUT2D eigenvalue weighted by atomic mass is 10.1. The van der Waals surface area contributed by atoms with Crippen LogP contribution in [0.3, 0.4) is 0 Å². The fourth-order valence-electron chi connectivity index (χ4n) is 2.25. The normalized spacial score (nSPS) is 23.8. The van der Waals surface area contributed by atoms with Gasteiger partial charge in [-0.15, -0.1) is 0 Å². The molecule has 2 rings (SSSR count). The zero-order valence-corrected chi connectivity index (χ0v) is 11.2. The molecule has 0 saturated carbocycles. The van der Waals surface area contributed by atoms with Gasteiger partial charge in [0.05, 0.1) is 12.7 Å². The Bertz CT molecular complexity index is 356. The van der Waals surface area contributed by atoms with Crippen LogP contribution in [0.25, 0.3) is 0 Å². The minimum atomic E-state index is -0.191. The lowest BCUT2D eigenvalue weighted by Gasteiger charge is -2.26. The molecule has 1 aromatic heterocycles. The van der Waals surface area contributed by atoms with Crippen molar-refractivity contribution in [2.45, 2.75) is 51.4 Å². The summed E-state index contributed by atoms with van der Waals surface area (Å²) in [5.41, 5.74) is 5.97. The number of furan rings is 1. The minimum Gasteiger partial charge on any atom is -0.464 e. The predicted molar refractivity (Wildman–Crippen MR) is 69.4 cm³/mol. The molecule has 0 aliphatic carbocycles. The number of rotatable bonds is 5. The van der Waals surface area contributed by atoms with Gasteiger partial charge >= 0.3 is 0 Å². The van der Waals surface area contributed by atoms with Crippen LogP contribution in [0.5, 0.6) is 0 Å². The molecule has 1 fully saturated rings. The van der Waals surface area contributed by atoms with E-state index in [1.807, 2.05) is 26.0 Å². The molecular formula is C14H23NO3. The zero-order valence-electron chi connectivity index (χ0n) is 11.2. The van der Waals surface area contributed by atoms with Gasteiger partial charge in [-0.2, -0.15) is 0 Å². The molecule has 0 spiro atoms. The molecule has 3 atom stereocenters. The van der Waals surface area contributed by atoms with Crippen molar-refractivity contribution in [2.75, 3.05) is 13.2 Å². The number of aryl methyl sites for hydroxylation is 1. The number of hydrogen-bond donors (Lipinski definition) is 1. The number of ether oxygens (including phenoxy) is 2. The van der Waals surface area contributed by atoms with E-state index in [2.05, 4.69) is 0 Å². The highest BCUT2D eigenvalue weighted by Crippen LogP contribution is 2.24. The van der Waals surface area contributed by atoms with E-state index in [9.17, 15) is 0 Å². The van der Waals surface area contributed by atoms with Crippen LogP contribution in [0, 0.1) is 6.92 Å². The molecule has 2 heterocycles. The first kappa shape index (κ1) is 13.6. The van der Waals surface area contributed by atoms with Crippen molar-refractivity contribution in [1.82, 2.24) is 0 Å². The molecule has 4 heteroatoms. The third-order valence-corrected chi connectivity index (χ3v) is 3.25. The van der Waals surface area contributed by atoms with Crippen molar-refractivity contribution in [3.05, 3.63) is 23.7 Å². The Balaban J connectivity index is 1.90. The Kier molecular flexibility index (Phi) is 4.80. The van der Waals surface area contributed by atoms with E-state index in [1.54, 1.807) is 0 Å². The van der Waals surface area contributed by atoms with E-state index in [0.29, 0.717) is 6.61 Å². The van der Waals surface area contributed by atoms with Crippen molar-refractivity contribution in [2.24, 2.45) is 5.73 Å². The van der Waals surface area contributed by atoms with Gasteiger partial charge in [0.1, 0.15) is 17.6 Å². The highest BCUT2D eigenvalue weighted by Gasteiger charge is 2.23. The zero-order chi connectivity index (χ0) is 13.0. The summed E-state index contributed by atoms with van der Waals surface area (Å²) >= 11 is 0. The molecule has 1 saturated heterocycles. The SMILES string of the molecule is Cc1ccc(C(OCC2CCCCO2)C(C)N)o1. The quantitative estimate of drug-likeness (QED) is 0.876. The number of hydrogen-bond acceptors (Lipinski definition) is 4. The van der Waals surface area contributed by atoms with Gasteiger partial charge in [-0.1, -0.05) is 0 Å². The third kappa shape index (κ3) is 3.57. The fraction of sp³-hybridized carbons (Fsp3) is 0.714. The van der Waals surface area contributed by atoms with E-state index in [1.165, 1.54) is 6.42 Å². The Morgan fingerprint density at radius 2 is 2.28 bits per heavy atom. The Morgan fingerprint density at radius 1 is 1.44 bits per heavy atom. The Labute approximate surface area is 108 Å². The van der Waals surface area contributed by atoms with Crippen LogP contribution in [-0.4, -0.2) is 25.4 Å². The summed E-state index contributed by atoms with van der Waals surface area (Å²) in [5.74, 6) is 1.69. The molecule has 18 heavy (non-hydrogen) atoms. The lowest BCUT2D eigenvalue weighted by Crippen LogP contribution is -2.31. The summed E-state index contributed by atoms with van der Waals surface area (Å²) in [7, 11) is 0. The largest absolute Gasteiger partial charge is 0.464 e. The topological polar surface area (TPSA) is 57.6 Å². The first-order valence-corrected chi connectivity index (χ1v) is 6.72. The van der Waals surface area contributed by atoms with Crippen LogP contribution in [-0.2, 0) is 9.47 Å². The average molecular weight is 253 g/mol. The van der Waals surface area contributed by atoms with Gasteiger partial charge in [0.2, 0.25) is 0 Å². The highest BCUT2D eigenvalue weighted by atomic mass is 16.5. The molecule has 102 valence electrons. The van der Waals surface area contributed by atoms with Gasteiger partial charge in [0.25, 0.3) is 0 Å². The van der Waals surface area contributed by atoms with Crippen molar-refractivity contribution in [3.8, 4) is 0 Å². The van der Waals surface area contributed by atoms with Crippen molar-refractivity contribution < 1.29 is 13.9 Å². The minimum absolute atomic E-state index is 0.0980. The van der Waals surface area contributed by atoms with E-state index >= 15 is 0 Å². The maximum atomic E-state index is 5.97. The Hall–Kier alpha value is -0.840. The van der Waals surface area contributed by atoms with Crippen LogP contribution in [0.2, 0.25) is 0 Å². The van der Waals surface area contributed by atoms with Crippen LogP contribution in [0.15, 0.2) is 16.5 Å². The van der Waals surface area contributed by atoms with Crippen molar-refractivity contribution >= 4 is 0 Å². The second kappa shape index (κ2) is 6.36. The van der Waals surface area contributed by atoms with Crippen LogP contribution < -0.4 is 5.73 Å². The highest BCUT2D eigenvalue weighted by molar-refractivity contribution is 5.09. The molecule has 0 radical (unpaired) electrons. The van der Waals surface area contributed by atoms with E-state index < -0.39 is 0 Å². The first-order chi connectivity index (χ1) is 8.66. The molecule has 0 amide bonds. The first-order valence-electron chi connectivity index (χ1n) is 6.72. The second-order valence-electron chi connectivity index (χ2n) is 5.05. The molecule has 1 aliphatic rings. The third-order valence-electron chi connectivity index (χ3n) is 3.25. The summed E-state index contributed by atoms with van der Waals surface area (Å²) in [6.07, 6.45) is 3.46. The van der Waals surface area contributed by atoms with Gasteiger partial charge < -0.3 is 19.6 Å². The van der Waals surface area contributed by atoms with Gasteiger partial charge in [0, 0.05) is 12.6 Å². The molecule has 0 aromatic carbocycles. The van der Waals surface area contributed by atoms with Crippen LogP contribution in [0.1, 0.15) is 43.8 Å². The lowest BCUT2D eigenvalue weighted by molar-refractivity contribution is -0.0727. The maximum Gasteiger partial charge on any atom is 0.134 e. The number of nitrogens with two attached hydrogens (primary N) is 1. The monoisotopic (exact) mass is 253 g/mol. The molecule has 4 nitrogen and oxygen atoms in total. The molecule has 2 N–H and O–H groups in total. The molecular weight excluding hydrogens is 230 g/mol. The average Bonchev–Trinajstić information content (AvgIpc) is 2.77. The summed E-state index contributed by atoms with van der Waals surface area (Å²) in [6.45, 7) is 5.29. The summed E-state index contributed by atoms with van der Waals surface area (Å²) in [5, 5.41) is 0.